The third kappa shape index (κ3) is 4.35. The molecule has 1 aliphatic heterocycles. The summed E-state index contributed by atoms with van der Waals surface area (Å²) < 4.78 is 37.4. The van der Waals surface area contributed by atoms with Gasteiger partial charge in [0.2, 0.25) is 5.91 Å². The highest BCUT2D eigenvalue weighted by Crippen LogP contribution is 2.22. The molecule has 1 fully saturated rings. The maximum absolute atomic E-state index is 12.5. The lowest BCUT2D eigenvalue weighted by Gasteiger charge is -2.42. The molecule has 0 aliphatic carbocycles. The predicted octanol–water partition coefficient (Wildman–Crippen LogP) is 1.08. The third-order valence-electron chi connectivity index (χ3n) is 3.47. The first kappa shape index (κ1) is 16.2. The molecular formula is C12H22F3N3O. The van der Waals surface area contributed by atoms with Gasteiger partial charge in [-0.1, -0.05) is 0 Å². The van der Waals surface area contributed by atoms with E-state index in [0.29, 0.717) is 13.1 Å². The van der Waals surface area contributed by atoms with Gasteiger partial charge in [-0.3, -0.25) is 9.69 Å². The van der Waals surface area contributed by atoms with E-state index < -0.39 is 24.2 Å². The molecule has 1 saturated heterocycles. The summed E-state index contributed by atoms with van der Waals surface area (Å²) in [6, 6.07) is 0. The SMILES string of the molecule is CCN(CC(F)(F)F)C(=O)C(C)(C)N1CCNCC1. The quantitative estimate of drug-likeness (QED) is 0.837. The Kier molecular flexibility index (Phi) is 5.20. The molecule has 1 N–H and O–H groups in total. The van der Waals surface area contributed by atoms with Crippen molar-refractivity contribution in [1.82, 2.24) is 15.1 Å². The number of hydrogen-bond donors (Lipinski definition) is 1. The molecule has 0 atom stereocenters. The highest BCUT2D eigenvalue weighted by atomic mass is 19.4. The highest BCUT2D eigenvalue weighted by Gasteiger charge is 2.41. The molecule has 1 amide bonds. The number of halogens is 3. The summed E-state index contributed by atoms with van der Waals surface area (Å²) in [7, 11) is 0. The zero-order chi connectivity index (χ0) is 14.7. The molecule has 0 spiro atoms. The average molecular weight is 281 g/mol. The molecular weight excluding hydrogens is 259 g/mol. The number of rotatable bonds is 4. The van der Waals surface area contributed by atoms with E-state index in [1.807, 2.05) is 4.90 Å². The van der Waals surface area contributed by atoms with Crippen LogP contribution in [0.25, 0.3) is 0 Å². The molecule has 19 heavy (non-hydrogen) atoms. The third-order valence-corrected chi connectivity index (χ3v) is 3.47. The van der Waals surface area contributed by atoms with Crippen LogP contribution in [0.5, 0.6) is 0 Å². The Balaban J connectivity index is 2.76. The van der Waals surface area contributed by atoms with Gasteiger partial charge < -0.3 is 10.2 Å². The summed E-state index contributed by atoms with van der Waals surface area (Å²) in [5, 5.41) is 3.16. The van der Waals surface area contributed by atoms with Gasteiger partial charge in [-0.15, -0.1) is 0 Å². The zero-order valence-electron chi connectivity index (χ0n) is 11.7. The van der Waals surface area contributed by atoms with Crippen molar-refractivity contribution in [3.8, 4) is 0 Å². The Morgan fingerprint density at radius 1 is 1.26 bits per heavy atom. The number of alkyl halides is 3. The van der Waals surface area contributed by atoms with Crippen LogP contribution in [0.4, 0.5) is 13.2 Å². The van der Waals surface area contributed by atoms with Gasteiger partial charge in [0.1, 0.15) is 6.54 Å². The van der Waals surface area contributed by atoms with Crippen molar-refractivity contribution in [2.24, 2.45) is 0 Å². The fourth-order valence-corrected chi connectivity index (χ4v) is 2.29. The lowest BCUT2D eigenvalue weighted by Crippen LogP contribution is -2.61. The fourth-order valence-electron chi connectivity index (χ4n) is 2.29. The van der Waals surface area contributed by atoms with Crippen molar-refractivity contribution < 1.29 is 18.0 Å². The standard InChI is InChI=1S/C12H22F3N3O/c1-4-17(9-12(13,14)15)10(19)11(2,3)18-7-5-16-6-8-18/h16H,4-9H2,1-3H3. The van der Waals surface area contributed by atoms with Gasteiger partial charge in [0.05, 0.1) is 5.54 Å². The minimum Gasteiger partial charge on any atom is -0.332 e. The summed E-state index contributed by atoms with van der Waals surface area (Å²) >= 11 is 0. The highest BCUT2D eigenvalue weighted by molar-refractivity contribution is 5.85. The van der Waals surface area contributed by atoms with Gasteiger partial charge in [0.15, 0.2) is 0 Å². The molecule has 0 bridgehead atoms. The van der Waals surface area contributed by atoms with Crippen molar-refractivity contribution >= 4 is 5.91 Å². The van der Waals surface area contributed by atoms with Crippen LogP contribution in [0.3, 0.4) is 0 Å². The molecule has 0 unspecified atom stereocenters. The van der Waals surface area contributed by atoms with Crippen LogP contribution in [0, 0.1) is 0 Å². The molecule has 1 rings (SSSR count). The lowest BCUT2D eigenvalue weighted by atomic mass is 9.99. The fraction of sp³-hybridized carbons (Fsp3) is 0.917. The van der Waals surface area contributed by atoms with Crippen LogP contribution in [-0.2, 0) is 4.79 Å². The number of carbonyl (C=O) groups excluding carboxylic acids is 1. The second-order valence-electron chi connectivity index (χ2n) is 5.23. The molecule has 1 aliphatic rings. The minimum atomic E-state index is -4.36. The number of hydrogen-bond acceptors (Lipinski definition) is 3. The summed E-state index contributed by atoms with van der Waals surface area (Å²) in [5.74, 6) is -0.464. The first-order valence-corrected chi connectivity index (χ1v) is 6.50. The number of nitrogens with one attached hydrogen (secondary N) is 1. The van der Waals surface area contributed by atoms with E-state index >= 15 is 0 Å². The van der Waals surface area contributed by atoms with E-state index in [9.17, 15) is 18.0 Å². The summed E-state index contributed by atoms with van der Waals surface area (Å²) in [6.45, 7) is 6.68. The van der Waals surface area contributed by atoms with Crippen LogP contribution in [0.1, 0.15) is 20.8 Å². The minimum absolute atomic E-state index is 0.0634. The van der Waals surface area contributed by atoms with Crippen molar-refractivity contribution in [3.63, 3.8) is 0 Å². The Morgan fingerprint density at radius 2 is 1.79 bits per heavy atom. The van der Waals surface area contributed by atoms with E-state index in [-0.39, 0.29) is 6.54 Å². The number of piperazine rings is 1. The summed E-state index contributed by atoms with van der Waals surface area (Å²) in [5.41, 5.74) is -0.899. The van der Waals surface area contributed by atoms with E-state index in [2.05, 4.69) is 5.32 Å². The van der Waals surface area contributed by atoms with Crippen LogP contribution < -0.4 is 5.32 Å². The number of amides is 1. The molecule has 0 aromatic rings. The predicted molar refractivity (Wildman–Crippen MR) is 66.8 cm³/mol. The van der Waals surface area contributed by atoms with E-state index in [1.54, 1.807) is 20.8 Å². The number of likely N-dealkylation sites (N-methyl/N-ethyl adjacent to an activating group) is 1. The van der Waals surface area contributed by atoms with E-state index in [1.165, 1.54) is 0 Å². The number of carbonyl (C=O) groups is 1. The maximum atomic E-state index is 12.5. The van der Waals surface area contributed by atoms with Crippen LogP contribution in [0.2, 0.25) is 0 Å². The van der Waals surface area contributed by atoms with Gasteiger partial charge in [-0.25, -0.2) is 0 Å². The molecule has 112 valence electrons. The van der Waals surface area contributed by atoms with Crippen molar-refractivity contribution in [2.75, 3.05) is 39.3 Å². The normalized spacial score (nSPS) is 18.4. The van der Waals surface area contributed by atoms with Crippen molar-refractivity contribution in [3.05, 3.63) is 0 Å². The van der Waals surface area contributed by atoms with E-state index in [4.69, 9.17) is 0 Å². The second-order valence-corrected chi connectivity index (χ2v) is 5.23. The molecule has 0 saturated carbocycles. The first-order chi connectivity index (χ1) is 8.68. The number of nitrogens with zero attached hydrogens (tertiary/aromatic N) is 2. The zero-order valence-corrected chi connectivity index (χ0v) is 11.7. The van der Waals surface area contributed by atoms with Gasteiger partial charge in [0, 0.05) is 32.7 Å². The molecule has 0 aromatic heterocycles. The van der Waals surface area contributed by atoms with Crippen molar-refractivity contribution in [2.45, 2.75) is 32.5 Å². The van der Waals surface area contributed by atoms with Gasteiger partial charge in [-0.05, 0) is 20.8 Å². The lowest BCUT2D eigenvalue weighted by molar-refractivity contribution is -0.167. The Labute approximate surface area is 111 Å². The molecule has 0 aromatic carbocycles. The summed E-state index contributed by atoms with van der Waals surface area (Å²) in [4.78, 5) is 15.1. The Morgan fingerprint density at radius 3 is 2.21 bits per heavy atom. The van der Waals surface area contributed by atoms with Crippen LogP contribution >= 0.6 is 0 Å². The molecule has 0 radical (unpaired) electrons. The van der Waals surface area contributed by atoms with E-state index in [0.717, 1.165) is 18.0 Å². The molecule has 4 nitrogen and oxygen atoms in total. The van der Waals surface area contributed by atoms with Gasteiger partial charge >= 0.3 is 6.18 Å². The maximum Gasteiger partial charge on any atom is 0.406 e. The smallest absolute Gasteiger partial charge is 0.332 e. The molecule has 7 heteroatoms. The van der Waals surface area contributed by atoms with Crippen LogP contribution in [0.15, 0.2) is 0 Å². The average Bonchev–Trinajstić information content (AvgIpc) is 2.35. The van der Waals surface area contributed by atoms with Crippen LogP contribution in [-0.4, -0.2) is 66.7 Å². The topological polar surface area (TPSA) is 35.6 Å². The molecule has 1 heterocycles. The summed E-state index contributed by atoms with van der Waals surface area (Å²) in [6.07, 6.45) is -4.36. The second kappa shape index (κ2) is 6.09. The van der Waals surface area contributed by atoms with Gasteiger partial charge in [-0.2, -0.15) is 13.2 Å². The van der Waals surface area contributed by atoms with Gasteiger partial charge in [0.25, 0.3) is 0 Å². The van der Waals surface area contributed by atoms with Crippen molar-refractivity contribution in [1.29, 1.82) is 0 Å². The Hall–Kier alpha value is -0.820. The Bertz CT molecular complexity index is 312. The largest absolute Gasteiger partial charge is 0.406 e. The monoisotopic (exact) mass is 281 g/mol. The first-order valence-electron chi connectivity index (χ1n) is 6.50.